The van der Waals surface area contributed by atoms with Gasteiger partial charge in [0.05, 0.1) is 7.11 Å². The average molecular weight is 479 g/mol. The van der Waals surface area contributed by atoms with Crippen molar-refractivity contribution in [2.45, 2.75) is 52.2 Å². The van der Waals surface area contributed by atoms with E-state index in [-0.39, 0.29) is 24.4 Å². The van der Waals surface area contributed by atoms with Crippen LogP contribution in [0.4, 0.5) is 5.69 Å². The number of hydrogen-bond acceptors (Lipinski definition) is 7. The second-order valence-corrected chi connectivity index (χ2v) is 7.73. The van der Waals surface area contributed by atoms with Crippen molar-refractivity contribution in [2.24, 2.45) is 5.92 Å². The lowest BCUT2D eigenvalue weighted by molar-refractivity contribution is -0.146. The van der Waals surface area contributed by atoms with E-state index in [4.69, 9.17) is 5.11 Å². The highest BCUT2D eigenvalue weighted by Crippen LogP contribution is 2.06. The molecule has 2 unspecified atom stereocenters. The summed E-state index contributed by atoms with van der Waals surface area (Å²) < 4.78 is 5.73. The molecule has 12 nitrogen and oxygen atoms in total. The normalized spacial score (nSPS) is 12.6. The number of carbonyl (C=O) groups excluding carboxylic acids is 4. The summed E-state index contributed by atoms with van der Waals surface area (Å²) in [5.41, 5.74) is -0.789. The van der Waals surface area contributed by atoms with E-state index in [1.54, 1.807) is 13.8 Å². The molecule has 0 saturated carbocycles. The van der Waals surface area contributed by atoms with Gasteiger partial charge in [-0.05, 0) is 30.9 Å². The number of aromatic nitrogens is 1. The number of nitrogens with one attached hydrogen (secondary N) is 3. The summed E-state index contributed by atoms with van der Waals surface area (Å²) >= 11 is 0. The van der Waals surface area contributed by atoms with Gasteiger partial charge in [-0.3, -0.25) is 19.2 Å². The van der Waals surface area contributed by atoms with Crippen molar-refractivity contribution in [1.29, 1.82) is 0 Å². The third kappa shape index (κ3) is 9.27. The number of carboxylic acids is 1. The molecule has 1 rings (SSSR count). The van der Waals surface area contributed by atoms with Gasteiger partial charge >= 0.3 is 11.9 Å². The number of methoxy groups -OCH3 is 1. The summed E-state index contributed by atoms with van der Waals surface area (Å²) in [6.45, 7) is 4.28. The van der Waals surface area contributed by atoms with Crippen molar-refractivity contribution in [1.82, 2.24) is 15.2 Å². The molecule has 1 aromatic heterocycles. The van der Waals surface area contributed by atoms with Crippen molar-refractivity contribution >= 4 is 35.3 Å². The van der Waals surface area contributed by atoms with E-state index in [2.05, 4.69) is 20.7 Å². The van der Waals surface area contributed by atoms with Crippen molar-refractivity contribution < 1.29 is 33.8 Å². The van der Waals surface area contributed by atoms with E-state index in [1.165, 1.54) is 38.4 Å². The van der Waals surface area contributed by atoms with Gasteiger partial charge < -0.3 is 30.4 Å². The zero-order valence-electron chi connectivity index (χ0n) is 19.5. The first-order valence-electron chi connectivity index (χ1n) is 10.5. The van der Waals surface area contributed by atoms with Crippen molar-refractivity contribution in [3.05, 3.63) is 40.8 Å². The predicted molar refractivity (Wildman–Crippen MR) is 122 cm³/mol. The number of carboxylic acid groups (broad SMARTS) is 1. The van der Waals surface area contributed by atoms with E-state index in [0.29, 0.717) is 0 Å². The average Bonchev–Trinajstić information content (AvgIpc) is 2.75. The molecule has 0 bridgehead atoms. The molecule has 0 saturated heterocycles. The van der Waals surface area contributed by atoms with Crippen molar-refractivity contribution in [3.63, 3.8) is 0 Å². The molecule has 1 aromatic rings. The topological polar surface area (TPSA) is 173 Å². The van der Waals surface area contributed by atoms with Gasteiger partial charge in [-0.2, -0.15) is 0 Å². The number of amides is 3. The quantitative estimate of drug-likeness (QED) is 0.240. The maximum atomic E-state index is 12.7. The number of esters is 1. The minimum Gasteiger partial charge on any atom is -0.478 e. The Morgan fingerprint density at radius 3 is 2.41 bits per heavy atom. The number of allylic oxidation sites excluding steroid dienone is 1. The van der Waals surface area contributed by atoms with Crippen LogP contribution in [0.5, 0.6) is 0 Å². The molecule has 0 radical (unpaired) electrons. The van der Waals surface area contributed by atoms with Crippen molar-refractivity contribution in [2.75, 3.05) is 12.4 Å². The Balaban J connectivity index is 2.94. The van der Waals surface area contributed by atoms with Crippen LogP contribution in [-0.2, 0) is 35.3 Å². The molecule has 186 valence electrons. The van der Waals surface area contributed by atoms with Crippen LogP contribution in [0.15, 0.2) is 35.3 Å². The van der Waals surface area contributed by atoms with E-state index >= 15 is 0 Å². The molecular weight excluding hydrogens is 448 g/mol. The molecule has 0 aliphatic carbocycles. The van der Waals surface area contributed by atoms with Crippen LogP contribution in [-0.4, -0.2) is 58.5 Å². The second-order valence-electron chi connectivity index (χ2n) is 7.73. The molecule has 3 amide bonds. The Labute approximate surface area is 196 Å². The van der Waals surface area contributed by atoms with Crippen LogP contribution in [0.3, 0.4) is 0 Å². The minimum atomic E-state index is -1.14. The fourth-order valence-electron chi connectivity index (χ4n) is 2.94. The molecule has 1 heterocycles. The molecule has 0 aromatic carbocycles. The van der Waals surface area contributed by atoms with Gasteiger partial charge in [-0.25, -0.2) is 9.59 Å². The number of nitrogens with zero attached hydrogens (tertiary/aromatic N) is 1. The minimum absolute atomic E-state index is 0.0999. The first-order valence-corrected chi connectivity index (χ1v) is 10.5. The van der Waals surface area contributed by atoms with E-state index in [1.807, 2.05) is 0 Å². The third-order valence-corrected chi connectivity index (χ3v) is 4.61. The molecule has 0 fully saturated rings. The summed E-state index contributed by atoms with van der Waals surface area (Å²) in [6, 6.07) is 0.895. The Hall–Kier alpha value is -3.96. The molecular formula is C22H30N4O8. The van der Waals surface area contributed by atoms with Gasteiger partial charge in [0, 0.05) is 19.2 Å². The number of rotatable bonds is 12. The largest absolute Gasteiger partial charge is 0.478 e. The summed E-state index contributed by atoms with van der Waals surface area (Å²) in [7, 11) is 1.21. The van der Waals surface area contributed by atoms with Crippen LogP contribution in [0.2, 0.25) is 0 Å². The number of carbonyl (C=O) groups is 5. The van der Waals surface area contributed by atoms with E-state index in [9.17, 15) is 28.8 Å². The van der Waals surface area contributed by atoms with Gasteiger partial charge in [0.2, 0.25) is 17.7 Å². The fraction of sp³-hybridized carbons (Fsp3) is 0.455. The highest BCUT2D eigenvalue weighted by atomic mass is 16.5. The summed E-state index contributed by atoms with van der Waals surface area (Å²) in [6.07, 6.45) is 3.91. The number of aliphatic carboxylic acids is 1. The van der Waals surface area contributed by atoms with Crippen molar-refractivity contribution in [3.8, 4) is 0 Å². The Morgan fingerprint density at radius 2 is 1.85 bits per heavy atom. The Morgan fingerprint density at radius 1 is 1.18 bits per heavy atom. The van der Waals surface area contributed by atoms with Crippen LogP contribution < -0.4 is 21.5 Å². The molecule has 34 heavy (non-hydrogen) atoms. The van der Waals surface area contributed by atoms with Gasteiger partial charge in [0.1, 0.15) is 24.3 Å². The summed E-state index contributed by atoms with van der Waals surface area (Å²) in [4.78, 5) is 71.6. The molecule has 4 N–H and O–H groups in total. The number of ether oxygens (including phenoxy) is 1. The van der Waals surface area contributed by atoms with Gasteiger partial charge in [-0.15, -0.1) is 0 Å². The second kappa shape index (κ2) is 13.6. The highest BCUT2D eigenvalue weighted by molar-refractivity contribution is 5.96. The smallest absolute Gasteiger partial charge is 0.328 e. The van der Waals surface area contributed by atoms with Crippen LogP contribution in [0, 0.1) is 5.92 Å². The number of anilines is 1. The van der Waals surface area contributed by atoms with Gasteiger partial charge in [-0.1, -0.05) is 19.9 Å². The summed E-state index contributed by atoms with van der Waals surface area (Å²) in [5, 5.41) is 16.0. The van der Waals surface area contributed by atoms with E-state index < -0.39 is 53.8 Å². The third-order valence-electron chi connectivity index (χ3n) is 4.61. The SMILES string of the molecule is COC(=O)C(NC(=O)Cn1cccc(NC(=O)C(CCC=CC(=O)O)NC(C)=O)c1=O)C(C)C. The fourth-order valence-corrected chi connectivity index (χ4v) is 2.94. The molecule has 2 atom stereocenters. The Bertz CT molecular complexity index is 999. The molecule has 12 heteroatoms. The molecule has 0 aliphatic rings. The Kier molecular flexibility index (Phi) is 11.2. The summed E-state index contributed by atoms with van der Waals surface area (Å²) in [5.74, 6) is -3.75. The number of pyridine rings is 1. The van der Waals surface area contributed by atoms with Crippen LogP contribution >= 0.6 is 0 Å². The van der Waals surface area contributed by atoms with E-state index in [0.717, 1.165) is 10.6 Å². The maximum Gasteiger partial charge on any atom is 0.328 e. The lowest BCUT2D eigenvalue weighted by Gasteiger charge is -2.20. The van der Waals surface area contributed by atoms with Gasteiger partial charge in [0.15, 0.2) is 0 Å². The standard InChI is InChI=1S/C22H30N4O8/c1-13(2)19(22(33)34-4)25-17(28)12-26-11-7-9-16(21(26)32)24-20(31)15(23-14(3)27)8-5-6-10-18(29)30/h6-7,9-11,13,15,19H,5,8,12H2,1-4H3,(H,23,27)(H,24,31)(H,25,28)(H,29,30). The highest BCUT2D eigenvalue weighted by Gasteiger charge is 2.25. The first kappa shape index (κ1) is 28.1. The van der Waals surface area contributed by atoms with Gasteiger partial charge in [0.25, 0.3) is 5.56 Å². The van der Waals surface area contributed by atoms with Crippen LogP contribution in [0.25, 0.3) is 0 Å². The monoisotopic (exact) mass is 478 g/mol. The lowest BCUT2D eigenvalue weighted by atomic mass is 10.0. The number of hydrogen-bond donors (Lipinski definition) is 4. The first-order chi connectivity index (χ1) is 16.0. The molecule has 0 spiro atoms. The van der Waals surface area contributed by atoms with Crippen LogP contribution in [0.1, 0.15) is 33.6 Å². The lowest BCUT2D eigenvalue weighted by Crippen LogP contribution is -2.47. The zero-order chi connectivity index (χ0) is 25.8. The molecule has 0 aliphatic heterocycles. The zero-order valence-corrected chi connectivity index (χ0v) is 19.5. The maximum absolute atomic E-state index is 12.7. The predicted octanol–water partition coefficient (Wildman–Crippen LogP) is 0.0263.